The van der Waals surface area contributed by atoms with Gasteiger partial charge < -0.3 is 19.4 Å². The van der Waals surface area contributed by atoms with Crippen molar-refractivity contribution in [3.63, 3.8) is 0 Å². The first-order valence-corrected chi connectivity index (χ1v) is 32.5. The summed E-state index contributed by atoms with van der Waals surface area (Å²) in [5.74, 6) is -0.518. The molecule has 0 saturated heterocycles. The van der Waals surface area contributed by atoms with Crippen LogP contribution in [0.2, 0.25) is 0 Å². The van der Waals surface area contributed by atoms with E-state index in [-0.39, 0.29) is 25.1 Å². The Balaban J connectivity index is 5.21. The van der Waals surface area contributed by atoms with Gasteiger partial charge in [0.15, 0.2) is 0 Å². The van der Waals surface area contributed by atoms with Crippen molar-refractivity contribution in [3.8, 4) is 0 Å². The molecule has 0 saturated carbocycles. The highest BCUT2D eigenvalue weighted by Crippen LogP contribution is 2.43. The Morgan fingerprint density at radius 2 is 0.877 bits per heavy atom. The number of nitrogens with zero attached hydrogens (tertiary/aromatic N) is 1. The Morgan fingerprint density at radius 3 is 1.30 bits per heavy atom. The van der Waals surface area contributed by atoms with Crippen LogP contribution in [-0.2, 0) is 27.9 Å². The van der Waals surface area contributed by atoms with Gasteiger partial charge in [-0.05, 0) is 51.0 Å². The van der Waals surface area contributed by atoms with Gasteiger partial charge in [-0.2, -0.15) is 0 Å². The maximum absolute atomic E-state index is 13.5. The molecule has 0 aromatic carbocycles. The zero-order valence-electron chi connectivity index (χ0n) is 48.9. The summed E-state index contributed by atoms with van der Waals surface area (Å²) < 4.78 is 30.7. The second-order valence-electron chi connectivity index (χ2n) is 22.3. The molecule has 0 radical (unpaired) electrons. The quantitative estimate of drug-likeness (QED) is 0.0156. The van der Waals surface area contributed by atoms with Crippen molar-refractivity contribution in [1.29, 1.82) is 0 Å². The lowest BCUT2D eigenvalue weighted by Crippen LogP contribution is -2.47. The second-order valence-corrected chi connectivity index (χ2v) is 23.7. The summed E-state index contributed by atoms with van der Waals surface area (Å²) in [5, 5.41) is 3.04. The summed E-state index contributed by atoms with van der Waals surface area (Å²) in [4.78, 5) is 37.7. The fraction of sp³-hybridized carbons (Fsp3) is 0.841. The summed E-state index contributed by atoms with van der Waals surface area (Å²) in [6.45, 7) is 6.89. The highest BCUT2D eigenvalue weighted by atomic mass is 31.2. The maximum atomic E-state index is 13.5. The second kappa shape index (κ2) is 53.4. The standard InChI is InChI=1S/C63H119N2O7P/c1-7-10-13-16-19-22-25-28-29-30-31-32-33-34-35-38-41-44-47-50-53-56-63(67)72-61(54-51-48-45-42-39-36-26-23-20-17-14-11-8-2)60(59-71-73(68,69)70-58-57-65(4,5)6)64-62(66)55-52-49-46-43-40-37-27-24-21-18-15-12-9-3/h12,15,18,21,24,27,51,54,60-61H,7-11,13-14,16-17,19-20,22-23,25-26,28-50,52-53,55-59H2,1-6H3,(H-,64,66,68,69)/p+1/b15-12+,21-18+,27-24-,54-51-. The van der Waals surface area contributed by atoms with Gasteiger partial charge in [-0.15, -0.1) is 0 Å². The van der Waals surface area contributed by atoms with Gasteiger partial charge in [0.25, 0.3) is 0 Å². The zero-order valence-corrected chi connectivity index (χ0v) is 49.8. The van der Waals surface area contributed by atoms with Crippen LogP contribution in [0.1, 0.15) is 290 Å². The Hall–Kier alpha value is -2.03. The number of quaternary nitrogens is 1. The monoisotopic (exact) mass is 1050 g/mol. The van der Waals surface area contributed by atoms with Gasteiger partial charge in [-0.1, -0.05) is 275 Å². The Bertz CT molecular complexity index is 1390. The average molecular weight is 1050 g/mol. The number of rotatable bonds is 56. The van der Waals surface area contributed by atoms with Crippen molar-refractivity contribution in [1.82, 2.24) is 5.32 Å². The molecule has 3 unspecified atom stereocenters. The van der Waals surface area contributed by atoms with Gasteiger partial charge in [0.05, 0.1) is 33.8 Å². The molecule has 1 amide bonds. The van der Waals surface area contributed by atoms with E-state index < -0.39 is 20.0 Å². The van der Waals surface area contributed by atoms with Gasteiger partial charge in [0.2, 0.25) is 5.91 Å². The van der Waals surface area contributed by atoms with E-state index in [0.29, 0.717) is 23.9 Å². The molecular formula is C63H120N2O7P+. The Morgan fingerprint density at radius 1 is 0.493 bits per heavy atom. The van der Waals surface area contributed by atoms with Crippen molar-refractivity contribution in [2.45, 2.75) is 303 Å². The maximum Gasteiger partial charge on any atom is 0.472 e. The van der Waals surface area contributed by atoms with E-state index in [0.717, 1.165) is 83.5 Å². The predicted octanol–water partition coefficient (Wildman–Crippen LogP) is 18.9. The number of hydrogen-bond acceptors (Lipinski definition) is 6. The molecule has 0 spiro atoms. The number of allylic oxidation sites excluding steroid dienone is 7. The van der Waals surface area contributed by atoms with Crippen LogP contribution in [0, 0.1) is 0 Å². The van der Waals surface area contributed by atoms with Crippen molar-refractivity contribution in [2.75, 3.05) is 40.9 Å². The molecule has 10 heteroatoms. The first kappa shape index (κ1) is 71.0. The van der Waals surface area contributed by atoms with E-state index in [2.05, 4.69) is 62.5 Å². The van der Waals surface area contributed by atoms with E-state index in [1.54, 1.807) is 0 Å². The molecule has 0 aliphatic rings. The molecule has 0 fully saturated rings. The molecule has 0 bridgehead atoms. The molecule has 2 N–H and O–H groups in total. The molecule has 0 aromatic rings. The topological polar surface area (TPSA) is 111 Å². The molecule has 73 heavy (non-hydrogen) atoms. The normalized spacial score (nSPS) is 14.0. The van der Waals surface area contributed by atoms with Crippen LogP contribution in [0.4, 0.5) is 0 Å². The molecule has 0 rings (SSSR count). The first-order valence-electron chi connectivity index (χ1n) is 31.0. The van der Waals surface area contributed by atoms with Crippen LogP contribution >= 0.6 is 7.82 Å². The number of ether oxygens (including phenoxy) is 1. The minimum absolute atomic E-state index is 0.0368. The number of unbranched alkanes of at least 4 members (excludes halogenated alkanes) is 36. The number of carbonyl (C=O) groups excluding carboxylic acids is 2. The van der Waals surface area contributed by atoms with Gasteiger partial charge >= 0.3 is 13.8 Å². The summed E-state index contributed by atoms with van der Waals surface area (Å²) in [5.41, 5.74) is 0. The van der Waals surface area contributed by atoms with Crippen LogP contribution < -0.4 is 5.32 Å². The molecular weight excluding hydrogens is 928 g/mol. The Labute approximate surface area is 452 Å². The largest absolute Gasteiger partial charge is 0.472 e. The molecule has 0 aromatic heterocycles. The van der Waals surface area contributed by atoms with Crippen molar-refractivity contribution >= 4 is 19.7 Å². The third-order valence-corrected chi connectivity index (χ3v) is 14.8. The molecule has 3 atom stereocenters. The molecule has 428 valence electrons. The Kier molecular flexibility index (Phi) is 51.9. The van der Waals surface area contributed by atoms with Gasteiger partial charge in [0.1, 0.15) is 19.3 Å². The lowest BCUT2D eigenvalue weighted by molar-refractivity contribution is -0.870. The van der Waals surface area contributed by atoms with Crippen molar-refractivity contribution in [3.05, 3.63) is 48.6 Å². The van der Waals surface area contributed by atoms with Crippen molar-refractivity contribution < 1.29 is 37.3 Å². The van der Waals surface area contributed by atoms with Crippen LogP contribution in [0.25, 0.3) is 0 Å². The van der Waals surface area contributed by atoms with Crippen LogP contribution in [0.15, 0.2) is 48.6 Å². The third-order valence-electron chi connectivity index (χ3n) is 13.8. The number of phosphoric ester groups is 1. The van der Waals surface area contributed by atoms with E-state index in [4.69, 9.17) is 13.8 Å². The van der Waals surface area contributed by atoms with E-state index in [1.807, 2.05) is 33.3 Å². The number of carbonyl (C=O) groups is 2. The number of amides is 1. The fourth-order valence-electron chi connectivity index (χ4n) is 9.06. The minimum Gasteiger partial charge on any atom is -0.456 e. The van der Waals surface area contributed by atoms with Crippen LogP contribution in [0.5, 0.6) is 0 Å². The summed E-state index contributed by atoms with van der Waals surface area (Å²) in [6.07, 6.45) is 65.4. The first-order chi connectivity index (χ1) is 35.4. The SMILES string of the molecule is CC/C=C/C=C/C=C\CCCCCCCC(=O)NC(COP(=O)(O)OCC[N+](C)(C)C)C(/C=C\CCCCCCCCCCCCC)OC(=O)CCCCCCCCCCCCCCCCCCCCCCC. The van der Waals surface area contributed by atoms with Crippen molar-refractivity contribution in [2.24, 2.45) is 0 Å². The van der Waals surface area contributed by atoms with Gasteiger partial charge in [-0.3, -0.25) is 18.6 Å². The lowest BCUT2D eigenvalue weighted by atomic mass is 10.0. The van der Waals surface area contributed by atoms with E-state index in [1.165, 1.54) is 173 Å². The summed E-state index contributed by atoms with van der Waals surface area (Å²) in [7, 11) is 1.49. The summed E-state index contributed by atoms with van der Waals surface area (Å²) in [6, 6.07) is -0.856. The van der Waals surface area contributed by atoms with E-state index >= 15 is 0 Å². The molecule has 0 aliphatic carbocycles. The van der Waals surface area contributed by atoms with Crippen LogP contribution in [0.3, 0.4) is 0 Å². The third kappa shape index (κ3) is 54.6. The molecule has 9 nitrogen and oxygen atoms in total. The highest BCUT2D eigenvalue weighted by Gasteiger charge is 2.30. The highest BCUT2D eigenvalue weighted by molar-refractivity contribution is 7.47. The predicted molar refractivity (Wildman–Crippen MR) is 314 cm³/mol. The number of hydrogen-bond donors (Lipinski definition) is 2. The molecule has 0 aliphatic heterocycles. The average Bonchev–Trinajstić information content (AvgIpc) is 3.35. The summed E-state index contributed by atoms with van der Waals surface area (Å²) >= 11 is 0. The minimum atomic E-state index is -4.45. The van der Waals surface area contributed by atoms with Gasteiger partial charge in [-0.25, -0.2) is 4.57 Å². The number of nitrogens with one attached hydrogen (secondary N) is 1. The zero-order chi connectivity index (χ0) is 53.6. The van der Waals surface area contributed by atoms with Gasteiger partial charge in [0, 0.05) is 12.8 Å². The number of likely N-dealkylation sites (N-methyl/N-ethyl adjacent to an activating group) is 1. The smallest absolute Gasteiger partial charge is 0.456 e. The van der Waals surface area contributed by atoms with Crippen LogP contribution in [-0.4, -0.2) is 74.3 Å². The number of esters is 1. The fourth-order valence-corrected chi connectivity index (χ4v) is 9.80. The molecule has 0 heterocycles. The lowest BCUT2D eigenvalue weighted by Gasteiger charge is -2.27. The van der Waals surface area contributed by atoms with E-state index in [9.17, 15) is 19.0 Å². The number of phosphoric acid groups is 1.